The van der Waals surface area contributed by atoms with E-state index in [9.17, 15) is 0 Å². The Balaban J connectivity index is 2.50. The lowest BCUT2D eigenvalue weighted by Gasteiger charge is -2.20. The summed E-state index contributed by atoms with van der Waals surface area (Å²) in [6, 6.07) is 5.39. The summed E-state index contributed by atoms with van der Waals surface area (Å²) < 4.78 is 1.21. The van der Waals surface area contributed by atoms with E-state index < -0.39 is 0 Å². The number of hydrogen-bond donors (Lipinski definition) is 1. The molecule has 0 amide bonds. The fourth-order valence-corrected chi connectivity index (χ4v) is 3.65. The molecule has 0 bridgehead atoms. The van der Waals surface area contributed by atoms with E-state index in [4.69, 9.17) is 0 Å². The van der Waals surface area contributed by atoms with Gasteiger partial charge in [0, 0.05) is 22.7 Å². The normalized spacial score (nSPS) is 15.2. The van der Waals surface area contributed by atoms with Gasteiger partial charge in [-0.15, -0.1) is 11.3 Å². The molecule has 0 fully saturated rings. The summed E-state index contributed by atoms with van der Waals surface area (Å²) in [5.74, 6) is 1.19. The zero-order valence-electron chi connectivity index (χ0n) is 9.42. The molecule has 0 aliphatic heterocycles. The van der Waals surface area contributed by atoms with Crippen molar-refractivity contribution in [2.45, 2.75) is 32.4 Å². The van der Waals surface area contributed by atoms with Crippen molar-refractivity contribution in [3.8, 4) is 0 Å². The lowest BCUT2D eigenvalue weighted by atomic mass is 10.2. The average molecular weight is 308 g/mol. The Hall–Kier alpha value is 0.490. The third kappa shape index (κ3) is 4.47. The van der Waals surface area contributed by atoms with Gasteiger partial charge in [0.15, 0.2) is 0 Å². The molecule has 0 radical (unpaired) electrons. The molecule has 4 heteroatoms. The van der Waals surface area contributed by atoms with Gasteiger partial charge < -0.3 is 5.32 Å². The molecule has 2 unspecified atom stereocenters. The Morgan fingerprint density at radius 2 is 2.27 bits per heavy atom. The molecule has 1 rings (SSSR count). The molecule has 1 heterocycles. The summed E-state index contributed by atoms with van der Waals surface area (Å²) in [7, 11) is 0. The van der Waals surface area contributed by atoms with Crippen LogP contribution < -0.4 is 5.32 Å². The van der Waals surface area contributed by atoms with Crippen LogP contribution in [-0.2, 0) is 0 Å². The monoisotopic (exact) mass is 307 g/mol. The molecule has 0 saturated carbocycles. The van der Waals surface area contributed by atoms with Crippen LogP contribution in [0.4, 0.5) is 0 Å². The standard InChI is InChI=1S/C11H18BrNS2/c1-4-9(7-14-3)13-8(2)10-5-6-11(12)15-10/h5-6,8-9,13H,4,7H2,1-3H3. The first kappa shape index (κ1) is 13.6. The maximum absolute atomic E-state index is 3.67. The predicted octanol–water partition coefficient (Wildman–Crippen LogP) is 4.30. The average Bonchev–Trinajstić information content (AvgIpc) is 2.64. The van der Waals surface area contributed by atoms with Crippen molar-refractivity contribution in [3.63, 3.8) is 0 Å². The maximum atomic E-state index is 3.67. The zero-order chi connectivity index (χ0) is 11.3. The fourth-order valence-electron chi connectivity index (χ4n) is 1.48. The van der Waals surface area contributed by atoms with Crippen LogP contribution in [0.1, 0.15) is 31.2 Å². The van der Waals surface area contributed by atoms with Crippen LogP contribution in [0.3, 0.4) is 0 Å². The van der Waals surface area contributed by atoms with Gasteiger partial charge in [0.05, 0.1) is 3.79 Å². The third-order valence-corrected chi connectivity index (χ3v) is 4.91. The molecule has 0 spiro atoms. The Morgan fingerprint density at radius 1 is 1.53 bits per heavy atom. The highest BCUT2D eigenvalue weighted by atomic mass is 79.9. The minimum atomic E-state index is 0.457. The maximum Gasteiger partial charge on any atom is 0.0701 e. The molecular formula is C11H18BrNS2. The minimum absolute atomic E-state index is 0.457. The van der Waals surface area contributed by atoms with Gasteiger partial charge in [0.2, 0.25) is 0 Å². The third-order valence-electron chi connectivity index (χ3n) is 2.37. The Kier molecular flexibility index (Phi) is 6.27. The molecule has 0 aliphatic carbocycles. The summed E-state index contributed by atoms with van der Waals surface area (Å²) in [4.78, 5) is 1.40. The molecule has 2 atom stereocenters. The van der Waals surface area contributed by atoms with E-state index in [0.717, 1.165) is 0 Å². The van der Waals surface area contributed by atoms with Crippen molar-refractivity contribution in [2.75, 3.05) is 12.0 Å². The van der Waals surface area contributed by atoms with Crippen LogP contribution in [-0.4, -0.2) is 18.1 Å². The zero-order valence-corrected chi connectivity index (χ0v) is 12.6. The molecule has 1 nitrogen and oxygen atoms in total. The van der Waals surface area contributed by atoms with Gasteiger partial charge in [-0.3, -0.25) is 0 Å². The lowest BCUT2D eigenvalue weighted by Crippen LogP contribution is -2.32. The SMILES string of the molecule is CCC(CSC)NC(C)c1ccc(Br)s1. The van der Waals surface area contributed by atoms with Crippen molar-refractivity contribution < 1.29 is 0 Å². The molecular weight excluding hydrogens is 290 g/mol. The molecule has 1 aromatic heterocycles. The van der Waals surface area contributed by atoms with Gasteiger partial charge >= 0.3 is 0 Å². The summed E-state index contributed by atoms with van der Waals surface area (Å²) >= 11 is 7.22. The first-order chi connectivity index (χ1) is 7.17. The van der Waals surface area contributed by atoms with Gasteiger partial charge in [0.1, 0.15) is 0 Å². The van der Waals surface area contributed by atoms with Crippen LogP contribution in [0, 0.1) is 0 Å². The first-order valence-corrected chi connectivity index (χ1v) is 8.18. The summed E-state index contributed by atoms with van der Waals surface area (Å²) in [5.41, 5.74) is 0. The van der Waals surface area contributed by atoms with Crippen LogP contribution in [0.5, 0.6) is 0 Å². The highest BCUT2D eigenvalue weighted by Crippen LogP contribution is 2.27. The van der Waals surface area contributed by atoms with E-state index in [2.05, 4.69) is 53.5 Å². The van der Waals surface area contributed by atoms with Crippen LogP contribution in [0.25, 0.3) is 0 Å². The number of nitrogens with one attached hydrogen (secondary N) is 1. The summed E-state index contributed by atoms with van der Waals surface area (Å²) in [5, 5.41) is 3.67. The minimum Gasteiger partial charge on any atom is -0.306 e. The molecule has 1 aromatic rings. The Morgan fingerprint density at radius 3 is 2.73 bits per heavy atom. The number of thioether (sulfide) groups is 1. The molecule has 86 valence electrons. The van der Waals surface area contributed by atoms with Crippen molar-refractivity contribution >= 4 is 39.0 Å². The molecule has 0 aliphatic rings. The second-order valence-electron chi connectivity index (χ2n) is 3.59. The first-order valence-electron chi connectivity index (χ1n) is 5.17. The number of thiophene rings is 1. The number of hydrogen-bond acceptors (Lipinski definition) is 3. The molecule has 0 aromatic carbocycles. The van der Waals surface area contributed by atoms with Crippen molar-refractivity contribution in [1.82, 2.24) is 5.32 Å². The van der Waals surface area contributed by atoms with Crippen molar-refractivity contribution in [1.29, 1.82) is 0 Å². The Bertz CT molecular complexity index is 288. The van der Waals surface area contributed by atoms with Gasteiger partial charge in [-0.1, -0.05) is 6.92 Å². The van der Waals surface area contributed by atoms with E-state index >= 15 is 0 Å². The van der Waals surface area contributed by atoms with E-state index in [1.165, 1.54) is 20.8 Å². The van der Waals surface area contributed by atoms with Crippen molar-refractivity contribution in [3.05, 3.63) is 20.8 Å². The van der Waals surface area contributed by atoms with Crippen LogP contribution >= 0.6 is 39.0 Å². The second kappa shape index (κ2) is 6.94. The summed E-state index contributed by atoms with van der Waals surface area (Å²) in [6.07, 6.45) is 3.36. The highest BCUT2D eigenvalue weighted by molar-refractivity contribution is 9.11. The van der Waals surface area contributed by atoms with Crippen LogP contribution in [0.2, 0.25) is 0 Å². The number of halogens is 1. The predicted molar refractivity (Wildman–Crippen MR) is 76.0 cm³/mol. The molecule has 15 heavy (non-hydrogen) atoms. The highest BCUT2D eigenvalue weighted by Gasteiger charge is 2.12. The molecule has 0 saturated heterocycles. The number of rotatable bonds is 6. The van der Waals surface area contributed by atoms with Gasteiger partial charge in [-0.2, -0.15) is 11.8 Å². The largest absolute Gasteiger partial charge is 0.306 e. The van der Waals surface area contributed by atoms with Gasteiger partial charge in [0.25, 0.3) is 0 Å². The van der Waals surface area contributed by atoms with E-state index in [-0.39, 0.29) is 0 Å². The van der Waals surface area contributed by atoms with E-state index in [0.29, 0.717) is 12.1 Å². The van der Waals surface area contributed by atoms with Gasteiger partial charge in [-0.05, 0) is 47.7 Å². The topological polar surface area (TPSA) is 12.0 Å². The fraction of sp³-hybridized carbons (Fsp3) is 0.636. The van der Waals surface area contributed by atoms with Crippen LogP contribution in [0.15, 0.2) is 15.9 Å². The van der Waals surface area contributed by atoms with Crippen molar-refractivity contribution in [2.24, 2.45) is 0 Å². The summed E-state index contributed by atoms with van der Waals surface area (Å²) in [6.45, 7) is 4.48. The second-order valence-corrected chi connectivity index (χ2v) is 7.00. The lowest BCUT2D eigenvalue weighted by molar-refractivity contribution is 0.479. The molecule has 1 N–H and O–H groups in total. The van der Waals surface area contributed by atoms with Gasteiger partial charge in [-0.25, -0.2) is 0 Å². The van der Waals surface area contributed by atoms with E-state index in [1.54, 1.807) is 0 Å². The smallest absolute Gasteiger partial charge is 0.0701 e. The quantitative estimate of drug-likeness (QED) is 0.841. The Labute approximate surface area is 109 Å². The van der Waals surface area contributed by atoms with E-state index in [1.807, 2.05) is 23.1 Å².